The second-order valence-corrected chi connectivity index (χ2v) is 6.92. The monoisotopic (exact) mass is 313 g/mol. The van der Waals surface area contributed by atoms with Crippen molar-refractivity contribution in [3.63, 3.8) is 0 Å². The topological polar surface area (TPSA) is 83.9 Å². The maximum absolute atomic E-state index is 12.6. The summed E-state index contributed by atoms with van der Waals surface area (Å²) in [5.41, 5.74) is -0.145. The lowest BCUT2D eigenvalue weighted by atomic mass is 10.2. The number of carboxylic acid groups (broad SMARTS) is 1. The minimum atomic E-state index is -3.65. The van der Waals surface area contributed by atoms with Gasteiger partial charge >= 0.3 is 5.97 Å². The first-order valence-corrected chi connectivity index (χ1v) is 8.32. The van der Waals surface area contributed by atoms with Gasteiger partial charge < -0.3 is 9.84 Å². The molecule has 6 nitrogen and oxygen atoms in total. The first kappa shape index (κ1) is 15.8. The van der Waals surface area contributed by atoms with Crippen LogP contribution in [0.15, 0.2) is 23.1 Å². The Morgan fingerprint density at radius 1 is 1.19 bits per heavy atom. The van der Waals surface area contributed by atoms with Gasteiger partial charge in [-0.1, -0.05) is 12.8 Å². The second kappa shape index (κ2) is 6.44. The molecule has 1 N–H and O–H groups in total. The van der Waals surface area contributed by atoms with Crippen LogP contribution in [-0.4, -0.2) is 44.0 Å². The van der Waals surface area contributed by atoms with Crippen molar-refractivity contribution in [3.8, 4) is 5.75 Å². The van der Waals surface area contributed by atoms with Crippen LogP contribution < -0.4 is 4.74 Å². The summed E-state index contributed by atoms with van der Waals surface area (Å²) >= 11 is 0. The molecule has 0 spiro atoms. The van der Waals surface area contributed by atoms with Crippen molar-refractivity contribution in [2.75, 3.05) is 20.2 Å². The molecule has 0 radical (unpaired) electrons. The van der Waals surface area contributed by atoms with E-state index in [1.54, 1.807) is 0 Å². The van der Waals surface area contributed by atoms with Crippen LogP contribution in [0.2, 0.25) is 0 Å². The van der Waals surface area contributed by atoms with Crippen molar-refractivity contribution in [2.24, 2.45) is 0 Å². The minimum Gasteiger partial charge on any atom is -0.496 e. The third kappa shape index (κ3) is 3.36. The van der Waals surface area contributed by atoms with E-state index in [9.17, 15) is 13.2 Å². The molecule has 0 unspecified atom stereocenters. The van der Waals surface area contributed by atoms with Gasteiger partial charge in [-0.05, 0) is 31.0 Å². The zero-order valence-electron chi connectivity index (χ0n) is 11.9. The number of sulfonamides is 1. The van der Waals surface area contributed by atoms with E-state index in [1.807, 2.05) is 0 Å². The molecule has 0 amide bonds. The largest absolute Gasteiger partial charge is 0.496 e. The minimum absolute atomic E-state index is 0.00241. The molecule has 1 aromatic carbocycles. The molecule has 7 heteroatoms. The van der Waals surface area contributed by atoms with Gasteiger partial charge in [0, 0.05) is 13.1 Å². The Kier molecular flexibility index (Phi) is 4.84. The van der Waals surface area contributed by atoms with Gasteiger partial charge in [-0.2, -0.15) is 4.31 Å². The van der Waals surface area contributed by atoms with Crippen LogP contribution in [0.3, 0.4) is 0 Å². The number of carboxylic acids is 1. The van der Waals surface area contributed by atoms with E-state index in [0.29, 0.717) is 13.1 Å². The Labute approximate surface area is 124 Å². The van der Waals surface area contributed by atoms with Crippen LogP contribution in [0, 0.1) is 0 Å². The summed E-state index contributed by atoms with van der Waals surface area (Å²) in [6.07, 6.45) is 3.71. The SMILES string of the molecule is COc1ccc(S(=O)(=O)N2CCCCCC2)cc1C(=O)O. The average Bonchev–Trinajstić information content (AvgIpc) is 2.76. The molecule has 1 aliphatic rings. The van der Waals surface area contributed by atoms with Crippen molar-refractivity contribution in [1.29, 1.82) is 0 Å². The molecular formula is C14H19NO5S. The molecule has 1 saturated heterocycles. The zero-order chi connectivity index (χ0) is 15.5. The summed E-state index contributed by atoms with van der Waals surface area (Å²) in [7, 11) is -2.30. The predicted molar refractivity (Wildman–Crippen MR) is 77.2 cm³/mol. The van der Waals surface area contributed by atoms with Crippen molar-refractivity contribution < 1.29 is 23.1 Å². The third-order valence-corrected chi connectivity index (χ3v) is 5.50. The van der Waals surface area contributed by atoms with E-state index >= 15 is 0 Å². The van der Waals surface area contributed by atoms with Crippen LogP contribution >= 0.6 is 0 Å². The number of carbonyl (C=O) groups is 1. The molecule has 21 heavy (non-hydrogen) atoms. The van der Waals surface area contributed by atoms with E-state index in [0.717, 1.165) is 25.7 Å². The molecule has 1 aromatic rings. The summed E-state index contributed by atoms with van der Waals surface area (Å²) < 4.78 is 31.6. The first-order valence-electron chi connectivity index (χ1n) is 6.88. The number of hydrogen-bond acceptors (Lipinski definition) is 4. The fourth-order valence-corrected chi connectivity index (χ4v) is 3.99. The number of methoxy groups -OCH3 is 1. The van der Waals surface area contributed by atoms with Gasteiger partial charge in [0.15, 0.2) is 0 Å². The maximum Gasteiger partial charge on any atom is 0.339 e. The number of benzene rings is 1. The van der Waals surface area contributed by atoms with Crippen LogP contribution in [0.5, 0.6) is 5.75 Å². The van der Waals surface area contributed by atoms with Crippen LogP contribution in [0.25, 0.3) is 0 Å². The molecule has 116 valence electrons. The summed E-state index contributed by atoms with van der Waals surface area (Å²) in [6.45, 7) is 0.966. The number of hydrogen-bond donors (Lipinski definition) is 1. The lowest BCUT2D eigenvalue weighted by Gasteiger charge is -2.20. The second-order valence-electron chi connectivity index (χ2n) is 4.99. The molecule has 1 aliphatic heterocycles. The van der Waals surface area contributed by atoms with Crippen molar-refractivity contribution in [1.82, 2.24) is 4.31 Å². The molecule has 1 fully saturated rings. The lowest BCUT2D eigenvalue weighted by molar-refractivity contribution is 0.0693. The Morgan fingerprint density at radius 2 is 1.81 bits per heavy atom. The molecule has 0 saturated carbocycles. The van der Waals surface area contributed by atoms with E-state index in [1.165, 1.54) is 29.6 Å². The van der Waals surface area contributed by atoms with E-state index in [2.05, 4.69) is 0 Å². The van der Waals surface area contributed by atoms with E-state index in [4.69, 9.17) is 9.84 Å². The zero-order valence-corrected chi connectivity index (χ0v) is 12.7. The van der Waals surface area contributed by atoms with Crippen LogP contribution in [0.4, 0.5) is 0 Å². The molecular weight excluding hydrogens is 294 g/mol. The predicted octanol–water partition coefficient (Wildman–Crippen LogP) is 1.96. The molecule has 0 atom stereocenters. The Balaban J connectivity index is 2.39. The highest BCUT2D eigenvalue weighted by Gasteiger charge is 2.26. The number of ether oxygens (including phenoxy) is 1. The normalized spacial score (nSPS) is 17.2. The van der Waals surface area contributed by atoms with Crippen molar-refractivity contribution in [3.05, 3.63) is 23.8 Å². The summed E-state index contributed by atoms with van der Waals surface area (Å²) in [4.78, 5) is 11.2. The summed E-state index contributed by atoms with van der Waals surface area (Å²) in [5.74, 6) is -1.06. The van der Waals surface area contributed by atoms with Gasteiger partial charge in [0.05, 0.1) is 12.0 Å². The highest BCUT2D eigenvalue weighted by atomic mass is 32.2. The van der Waals surface area contributed by atoms with Crippen molar-refractivity contribution in [2.45, 2.75) is 30.6 Å². The summed E-state index contributed by atoms with van der Waals surface area (Å²) in [6, 6.07) is 3.95. The highest BCUT2D eigenvalue weighted by molar-refractivity contribution is 7.89. The Morgan fingerprint density at radius 3 is 2.33 bits per heavy atom. The Hall–Kier alpha value is -1.60. The molecule has 0 bridgehead atoms. The van der Waals surface area contributed by atoms with Gasteiger partial charge in [0.2, 0.25) is 10.0 Å². The smallest absolute Gasteiger partial charge is 0.339 e. The average molecular weight is 313 g/mol. The molecule has 1 heterocycles. The fourth-order valence-electron chi connectivity index (χ4n) is 2.45. The lowest BCUT2D eigenvalue weighted by Crippen LogP contribution is -2.32. The van der Waals surface area contributed by atoms with Crippen LogP contribution in [0.1, 0.15) is 36.0 Å². The van der Waals surface area contributed by atoms with Crippen LogP contribution in [-0.2, 0) is 10.0 Å². The third-order valence-electron chi connectivity index (χ3n) is 3.60. The van der Waals surface area contributed by atoms with Gasteiger partial charge in [0.1, 0.15) is 11.3 Å². The van der Waals surface area contributed by atoms with Gasteiger partial charge in [-0.3, -0.25) is 0 Å². The van der Waals surface area contributed by atoms with E-state index in [-0.39, 0.29) is 16.2 Å². The molecule has 2 rings (SSSR count). The van der Waals surface area contributed by atoms with Gasteiger partial charge in [-0.25, -0.2) is 13.2 Å². The fraction of sp³-hybridized carbons (Fsp3) is 0.500. The number of rotatable bonds is 4. The highest BCUT2D eigenvalue weighted by Crippen LogP contribution is 2.26. The first-order chi connectivity index (χ1) is 9.96. The maximum atomic E-state index is 12.6. The van der Waals surface area contributed by atoms with Crippen molar-refractivity contribution >= 4 is 16.0 Å². The Bertz CT molecular complexity index is 618. The number of nitrogens with zero attached hydrogens (tertiary/aromatic N) is 1. The standard InChI is InChI=1S/C14H19NO5S/c1-20-13-7-6-11(10-12(13)14(16)17)21(18,19)15-8-4-2-3-5-9-15/h6-7,10H,2-5,8-9H2,1H3,(H,16,17). The van der Waals surface area contributed by atoms with Gasteiger partial charge in [0.25, 0.3) is 0 Å². The van der Waals surface area contributed by atoms with Gasteiger partial charge in [-0.15, -0.1) is 0 Å². The molecule has 0 aromatic heterocycles. The quantitative estimate of drug-likeness (QED) is 0.918. The summed E-state index contributed by atoms with van der Waals surface area (Å²) in [5, 5.41) is 9.15. The van der Waals surface area contributed by atoms with E-state index < -0.39 is 16.0 Å². The molecule has 0 aliphatic carbocycles. The number of aromatic carboxylic acids is 1.